The number of carbonyl (C=O) groups excluding carboxylic acids is 7. The number of aliphatic imine (C=N–C) groups is 2. The maximum atomic E-state index is 14.6. The first-order valence-corrected chi connectivity index (χ1v) is 37.5. The second-order valence-corrected chi connectivity index (χ2v) is 25.5. The van der Waals surface area contributed by atoms with Gasteiger partial charge in [0.2, 0.25) is 29.5 Å². The average molecular weight is 1340 g/mol. The van der Waals surface area contributed by atoms with Gasteiger partial charge < -0.3 is 38.9 Å². The molecule has 0 aromatic rings. The number of nitrogens with zero attached hydrogens (tertiary/aromatic N) is 6. The lowest BCUT2D eigenvalue weighted by atomic mass is 10.0. The minimum atomic E-state index is -1.49. The standard InChI is InChI=1S/C71H135N17O7/c1-5-9-13-17-21-25-29-33-37-42-55-77-85-64(90)52-49-61(68(94)87-79-57-44-39-35-31-27-23-19-15-11-7-3)81-63(89)51-48-60(82-66(92)59(84-71(74)75)47-41-46-54-76-70(72)73)67(93)83-62(69(95)88-80-58-45-40-36-32-28-24-20-16-12-8-4)50-53-65(91)86-78-56-43-38-34-30-26-22-18-14-10-6-2/h55-62H,5-54H2,1-4H3,(H,81,89)(H,82,92)(H,83,93)(H,85,90)(H,86,91)(H,87,94)(H,88,95)(H4,72,73,76)(H4,74,75,84)/b77-55+,78-56+,79-57+,80-58+/t59-,60-,61-,62-/m0/s1. The van der Waals surface area contributed by atoms with Crippen molar-refractivity contribution in [1.29, 1.82) is 0 Å². The molecule has 0 fully saturated rings. The second kappa shape index (κ2) is 66.1. The van der Waals surface area contributed by atoms with Crippen LogP contribution in [0.3, 0.4) is 0 Å². The number of hydrogen-bond donors (Lipinski definition) is 11. The molecule has 0 heterocycles. The van der Waals surface area contributed by atoms with Crippen molar-refractivity contribution in [3.05, 3.63) is 0 Å². The molecule has 7 amide bonds. The Kier molecular flexibility index (Phi) is 61.6. The molecule has 0 aromatic carbocycles. The van der Waals surface area contributed by atoms with E-state index in [4.69, 9.17) is 22.9 Å². The van der Waals surface area contributed by atoms with E-state index in [0.29, 0.717) is 38.5 Å². The van der Waals surface area contributed by atoms with Gasteiger partial charge in [0.05, 0.1) is 0 Å². The first-order chi connectivity index (χ1) is 46.2. The Bertz CT molecular complexity index is 2150. The third-order valence-electron chi connectivity index (χ3n) is 16.5. The molecule has 95 heavy (non-hydrogen) atoms. The van der Waals surface area contributed by atoms with Crippen LogP contribution in [0.1, 0.15) is 342 Å². The van der Waals surface area contributed by atoms with Crippen molar-refractivity contribution in [2.24, 2.45) is 53.3 Å². The van der Waals surface area contributed by atoms with Gasteiger partial charge in [0, 0.05) is 50.7 Å². The van der Waals surface area contributed by atoms with Gasteiger partial charge >= 0.3 is 0 Å². The number of nitrogens with one attached hydrogen (secondary N) is 7. The van der Waals surface area contributed by atoms with Crippen molar-refractivity contribution in [3.8, 4) is 0 Å². The van der Waals surface area contributed by atoms with Gasteiger partial charge in [-0.25, -0.2) is 26.7 Å². The summed E-state index contributed by atoms with van der Waals surface area (Å²) in [6.07, 6.45) is 50.9. The molecule has 0 rings (SSSR count). The number of nitrogens with two attached hydrogens (primary N) is 4. The van der Waals surface area contributed by atoms with Crippen LogP contribution in [0.15, 0.2) is 30.4 Å². The third-order valence-corrected chi connectivity index (χ3v) is 16.5. The Balaban J connectivity index is 6.60. The van der Waals surface area contributed by atoms with Crippen molar-refractivity contribution in [2.45, 2.75) is 366 Å². The zero-order chi connectivity index (χ0) is 69.9. The molecule has 0 aliphatic carbocycles. The summed E-state index contributed by atoms with van der Waals surface area (Å²) in [6, 6.07) is -5.27. The van der Waals surface area contributed by atoms with Gasteiger partial charge in [-0.2, -0.15) is 20.4 Å². The van der Waals surface area contributed by atoms with E-state index in [1.54, 1.807) is 24.9 Å². The van der Waals surface area contributed by atoms with Gasteiger partial charge in [-0.05, 0) is 89.9 Å². The van der Waals surface area contributed by atoms with E-state index in [0.717, 1.165) is 77.0 Å². The van der Waals surface area contributed by atoms with E-state index in [9.17, 15) is 33.6 Å². The maximum Gasteiger partial charge on any atom is 0.262 e. The van der Waals surface area contributed by atoms with Crippen LogP contribution in [-0.4, -0.2) is 109 Å². The van der Waals surface area contributed by atoms with Gasteiger partial charge in [-0.1, -0.05) is 233 Å². The fourth-order valence-electron chi connectivity index (χ4n) is 10.7. The van der Waals surface area contributed by atoms with Gasteiger partial charge in [-0.3, -0.25) is 38.6 Å². The van der Waals surface area contributed by atoms with Crippen LogP contribution >= 0.6 is 0 Å². The Labute approximate surface area is 573 Å². The summed E-state index contributed by atoms with van der Waals surface area (Å²) in [5.74, 6) is -5.13. The lowest BCUT2D eigenvalue weighted by Crippen LogP contribution is -2.55. The van der Waals surface area contributed by atoms with Crippen molar-refractivity contribution in [1.82, 2.24) is 37.7 Å². The van der Waals surface area contributed by atoms with Gasteiger partial charge in [0.25, 0.3) is 11.8 Å². The summed E-state index contributed by atoms with van der Waals surface area (Å²) >= 11 is 0. The summed E-state index contributed by atoms with van der Waals surface area (Å²) in [5, 5.41) is 24.7. The van der Waals surface area contributed by atoms with E-state index in [1.807, 2.05) is 0 Å². The number of guanidine groups is 2. The number of hydrogen-bond acceptors (Lipinski definition) is 13. The molecular formula is C71H135N17O7. The topological polar surface area (TPSA) is 382 Å². The predicted octanol–water partition coefficient (Wildman–Crippen LogP) is 12.0. The molecule has 546 valence electrons. The normalized spacial score (nSPS) is 12.8. The molecule has 0 aromatic heterocycles. The van der Waals surface area contributed by atoms with Gasteiger partial charge in [-0.15, -0.1) is 0 Å². The minimum absolute atomic E-state index is 0.0895. The molecule has 4 atom stereocenters. The van der Waals surface area contributed by atoms with Crippen LogP contribution in [0.4, 0.5) is 0 Å². The molecule has 0 saturated carbocycles. The van der Waals surface area contributed by atoms with Crippen molar-refractivity contribution in [2.75, 3.05) is 6.54 Å². The molecule has 0 bridgehead atoms. The second-order valence-electron chi connectivity index (χ2n) is 25.5. The Hall–Kier alpha value is -6.49. The van der Waals surface area contributed by atoms with E-state index >= 15 is 0 Å². The van der Waals surface area contributed by atoms with Crippen molar-refractivity contribution in [3.63, 3.8) is 0 Å². The smallest absolute Gasteiger partial charge is 0.262 e. The van der Waals surface area contributed by atoms with Gasteiger partial charge in [0.15, 0.2) is 11.9 Å². The quantitative estimate of drug-likeness (QED) is 0.0118. The van der Waals surface area contributed by atoms with Crippen LogP contribution in [0.5, 0.6) is 0 Å². The van der Waals surface area contributed by atoms with Gasteiger partial charge in [0.1, 0.15) is 24.2 Å². The average Bonchev–Trinajstić information content (AvgIpc) is 1.18. The fraction of sp³-hybridized carbons (Fsp3) is 0.817. The lowest BCUT2D eigenvalue weighted by molar-refractivity contribution is -0.133. The highest BCUT2D eigenvalue weighted by atomic mass is 16.2. The highest BCUT2D eigenvalue weighted by molar-refractivity contribution is 5.95. The Morgan fingerprint density at radius 1 is 0.305 bits per heavy atom. The first kappa shape index (κ1) is 88.5. The van der Waals surface area contributed by atoms with Crippen LogP contribution in [0.25, 0.3) is 0 Å². The number of unbranched alkanes of at least 4 members (excludes halogenated alkanes) is 37. The molecular weight excluding hydrogens is 1200 g/mol. The van der Waals surface area contributed by atoms with Crippen LogP contribution < -0.4 is 60.6 Å². The molecule has 24 heteroatoms. The molecule has 0 radical (unpaired) electrons. The lowest BCUT2D eigenvalue weighted by Gasteiger charge is -2.24. The number of carbonyl (C=O) groups is 7. The Morgan fingerprint density at radius 3 is 0.937 bits per heavy atom. The van der Waals surface area contributed by atoms with Crippen LogP contribution in [0, 0.1) is 0 Å². The predicted molar refractivity (Wildman–Crippen MR) is 392 cm³/mol. The van der Waals surface area contributed by atoms with Crippen LogP contribution in [0.2, 0.25) is 0 Å². The molecule has 0 aliphatic rings. The number of amides is 7. The highest BCUT2D eigenvalue weighted by Crippen LogP contribution is 2.15. The first-order valence-electron chi connectivity index (χ1n) is 37.5. The summed E-state index contributed by atoms with van der Waals surface area (Å²) in [7, 11) is 0. The largest absolute Gasteiger partial charge is 0.370 e. The molecule has 0 unspecified atom stereocenters. The molecule has 0 aliphatic heterocycles. The summed E-state index contributed by atoms with van der Waals surface area (Å²) in [4.78, 5) is 105. The van der Waals surface area contributed by atoms with Crippen LogP contribution in [-0.2, 0) is 33.6 Å². The Morgan fingerprint density at radius 2 is 0.600 bits per heavy atom. The van der Waals surface area contributed by atoms with Crippen molar-refractivity contribution < 1.29 is 33.6 Å². The SMILES string of the molecule is CCCCCCCCCCC/C=N/NC(=O)CC[C@H](NC(=O)CC[C@H](NC(=O)[C@H](CCCCN=C(N)N)N=C(N)N)C(=O)N[C@@H](CCC(=O)N/N=C/CCCCCCCCCCC)C(=O)N/N=C/CCCCCCCCCCC)C(=O)N/N=C/CCCCCCCCCCC. The third kappa shape index (κ3) is 58.6. The molecule has 24 nitrogen and oxygen atoms in total. The molecule has 15 N–H and O–H groups in total. The van der Waals surface area contributed by atoms with E-state index < -0.39 is 71.9 Å². The monoisotopic (exact) mass is 1340 g/mol. The van der Waals surface area contributed by atoms with E-state index in [-0.39, 0.29) is 57.0 Å². The summed E-state index contributed by atoms with van der Waals surface area (Å²) < 4.78 is 0. The highest BCUT2D eigenvalue weighted by Gasteiger charge is 2.31. The summed E-state index contributed by atoms with van der Waals surface area (Å²) in [5.41, 5.74) is 32.7. The fourth-order valence-corrected chi connectivity index (χ4v) is 10.7. The zero-order valence-electron chi connectivity index (χ0n) is 59.8. The number of rotatable bonds is 66. The molecule has 0 spiro atoms. The number of hydrazone groups is 4. The zero-order valence-corrected chi connectivity index (χ0v) is 59.8. The molecule has 0 saturated heterocycles. The minimum Gasteiger partial charge on any atom is -0.370 e. The maximum absolute atomic E-state index is 14.6. The van der Waals surface area contributed by atoms with E-state index in [1.165, 1.54) is 154 Å². The van der Waals surface area contributed by atoms with E-state index in [2.05, 4.69) is 95.7 Å². The summed E-state index contributed by atoms with van der Waals surface area (Å²) in [6.45, 7) is 9.12. The van der Waals surface area contributed by atoms with Crippen molar-refractivity contribution >= 4 is 78.1 Å².